The largest absolute Gasteiger partial charge is 0.495 e. The van der Waals surface area contributed by atoms with E-state index < -0.39 is 10.0 Å². The molecule has 0 saturated carbocycles. The Morgan fingerprint density at radius 3 is 2.60 bits per heavy atom. The predicted molar refractivity (Wildman–Crippen MR) is 76.2 cm³/mol. The lowest BCUT2D eigenvalue weighted by Gasteiger charge is -2.12. The van der Waals surface area contributed by atoms with Crippen LogP contribution in [0.25, 0.3) is 0 Å². The van der Waals surface area contributed by atoms with Crippen LogP contribution in [-0.4, -0.2) is 20.6 Å². The lowest BCUT2D eigenvalue weighted by atomic mass is 10.2. The fourth-order valence-corrected chi connectivity index (χ4v) is 2.88. The minimum atomic E-state index is -3.72. The Balaban J connectivity index is 2.35. The van der Waals surface area contributed by atoms with Crippen LogP contribution in [0.1, 0.15) is 5.56 Å². The van der Waals surface area contributed by atoms with Gasteiger partial charge in [-0.25, -0.2) is 8.42 Å². The summed E-state index contributed by atoms with van der Waals surface area (Å²) in [4.78, 5) is 0.0926. The van der Waals surface area contributed by atoms with E-state index in [2.05, 4.69) is 4.72 Å². The minimum Gasteiger partial charge on any atom is -0.495 e. The number of benzene rings is 2. The summed E-state index contributed by atoms with van der Waals surface area (Å²) < 4.78 is 32.2. The van der Waals surface area contributed by atoms with Crippen molar-refractivity contribution in [1.82, 2.24) is 0 Å². The maximum Gasteiger partial charge on any atom is 0.262 e. The minimum absolute atomic E-state index is 0.0926. The van der Waals surface area contributed by atoms with Gasteiger partial charge in [0.05, 0.1) is 24.3 Å². The molecular weight excluding hydrogens is 278 g/mol. The van der Waals surface area contributed by atoms with Crippen molar-refractivity contribution < 1.29 is 18.3 Å². The quantitative estimate of drug-likeness (QED) is 0.884. The summed E-state index contributed by atoms with van der Waals surface area (Å²) in [7, 11) is -2.25. The molecule has 2 N–H and O–H groups in total. The van der Waals surface area contributed by atoms with E-state index in [1.54, 1.807) is 36.4 Å². The normalized spacial score (nSPS) is 11.1. The molecule has 0 unspecified atom stereocenters. The van der Waals surface area contributed by atoms with Crippen LogP contribution in [0, 0.1) is 0 Å². The number of hydrogen-bond donors (Lipinski definition) is 2. The number of hydrogen-bond acceptors (Lipinski definition) is 4. The maximum absolute atomic E-state index is 12.3. The van der Waals surface area contributed by atoms with Crippen molar-refractivity contribution in [3.8, 4) is 5.75 Å². The Bertz CT molecular complexity index is 698. The predicted octanol–water partition coefficient (Wildman–Crippen LogP) is 1.99. The fraction of sp³-hybridized carbons (Fsp3) is 0.143. The fourth-order valence-electron chi connectivity index (χ4n) is 1.74. The first-order valence-electron chi connectivity index (χ1n) is 5.92. The Hall–Kier alpha value is -2.05. The summed E-state index contributed by atoms with van der Waals surface area (Å²) >= 11 is 0. The van der Waals surface area contributed by atoms with E-state index >= 15 is 0 Å². The molecule has 0 aliphatic heterocycles. The average molecular weight is 293 g/mol. The number of methoxy groups -OCH3 is 1. The highest BCUT2D eigenvalue weighted by molar-refractivity contribution is 7.92. The van der Waals surface area contributed by atoms with Gasteiger partial charge in [-0.3, -0.25) is 4.72 Å². The number of ether oxygens (including phenoxy) is 1. The molecule has 5 nitrogen and oxygen atoms in total. The molecule has 0 heterocycles. The molecule has 0 aliphatic carbocycles. The molecular formula is C14H15NO4S. The third kappa shape index (κ3) is 3.09. The molecule has 0 atom stereocenters. The Labute approximate surface area is 117 Å². The molecule has 0 radical (unpaired) electrons. The first-order valence-corrected chi connectivity index (χ1v) is 7.41. The average Bonchev–Trinajstić information content (AvgIpc) is 2.47. The van der Waals surface area contributed by atoms with E-state index in [0.717, 1.165) is 0 Å². The molecule has 6 heteroatoms. The van der Waals surface area contributed by atoms with E-state index in [4.69, 9.17) is 9.84 Å². The second-order valence-corrected chi connectivity index (χ2v) is 5.79. The van der Waals surface area contributed by atoms with Gasteiger partial charge >= 0.3 is 0 Å². The highest BCUT2D eigenvalue weighted by Crippen LogP contribution is 2.26. The zero-order valence-corrected chi connectivity index (χ0v) is 11.7. The van der Waals surface area contributed by atoms with Gasteiger partial charge in [-0.1, -0.05) is 24.3 Å². The van der Waals surface area contributed by atoms with Gasteiger partial charge in [0.25, 0.3) is 10.0 Å². The third-order valence-electron chi connectivity index (χ3n) is 2.74. The van der Waals surface area contributed by atoms with Crippen LogP contribution in [0.3, 0.4) is 0 Å². The van der Waals surface area contributed by atoms with Crippen LogP contribution in [0.15, 0.2) is 53.4 Å². The van der Waals surface area contributed by atoms with Gasteiger partial charge in [-0.2, -0.15) is 0 Å². The van der Waals surface area contributed by atoms with Gasteiger partial charge in [-0.05, 0) is 29.8 Å². The molecule has 0 aliphatic rings. The van der Waals surface area contributed by atoms with Crippen molar-refractivity contribution in [2.45, 2.75) is 11.5 Å². The molecule has 0 bridgehead atoms. The number of sulfonamides is 1. The Morgan fingerprint density at radius 2 is 1.90 bits per heavy atom. The van der Waals surface area contributed by atoms with Crippen molar-refractivity contribution >= 4 is 15.7 Å². The molecule has 0 saturated heterocycles. The molecule has 2 rings (SSSR count). The summed E-state index contributed by atoms with van der Waals surface area (Å²) in [5.74, 6) is 0.439. The van der Waals surface area contributed by atoms with Crippen molar-refractivity contribution in [1.29, 1.82) is 0 Å². The zero-order valence-electron chi connectivity index (χ0n) is 10.9. The molecule has 0 amide bonds. The summed E-state index contributed by atoms with van der Waals surface area (Å²) in [5, 5.41) is 9.06. The first kappa shape index (κ1) is 14.4. The zero-order chi connectivity index (χ0) is 14.6. The number of rotatable bonds is 5. The van der Waals surface area contributed by atoms with Gasteiger partial charge < -0.3 is 9.84 Å². The molecule has 2 aromatic carbocycles. The third-order valence-corrected chi connectivity index (χ3v) is 4.11. The highest BCUT2D eigenvalue weighted by atomic mass is 32.2. The van der Waals surface area contributed by atoms with E-state index in [1.807, 2.05) is 0 Å². The van der Waals surface area contributed by atoms with Crippen molar-refractivity contribution in [3.63, 3.8) is 0 Å². The SMILES string of the molecule is COc1ccccc1NS(=O)(=O)c1cccc(CO)c1. The van der Waals surface area contributed by atoms with Crippen molar-refractivity contribution in [2.24, 2.45) is 0 Å². The van der Waals surface area contributed by atoms with Gasteiger partial charge in [0.15, 0.2) is 0 Å². The smallest absolute Gasteiger partial charge is 0.262 e. The highest BCUT2D eigenvalue weighted by Gasteiger charge is 2.16. The number of anilines is 1. The number of para-hydroxylation sites is 2. The molecule has 0 spiro atoms. The number of aliphatic hydroxyl groups is 1. The summed E-state index contributed by atoms with van der Waals surface area (Å²) in [5.41, 5.74) is 0.900. The lowest BCUT2D eigenvalue weighted by molar-refractivity contribution is 0.281. The van der Waals surface area contributed by atoms with Crippen LogP contribution in [0.5, 0.6) is 5.75 Å². The monoisotopic (exact) mass is 293 g/mol. The molecule has 20 heavy (non-hydrogen) atoms. The summed E-state index contributed by atoms with van der Waals surface area (Å²) in [6.07, 6.45) is 0. The van der Waals surface area contributed by atoms with Crippen LogP contribution < -0.4 is 9.46 Å². The van der Waals surface area contributed by atoms with E-state index in [1.165, 1.54) is 19.2 Å². The molecule has 0 fully saturated rings. The van der Waals surface area contributed by atoms with E-state index in [0.29, 0.717) is 17.0 Å². The van der Waals surface area contributed by atoms with Crippen LogP contribution in [-0.2, 0) is 16.6 Å². The number of nitrogens with one attached hydrogen (secondary N) is 1. The van der Waals surface area contributed by atoms with Crippen LogP contribution >= 0.6 is 0 Å². The summed E-state index contributed by atoms with van der Waals surface area (Å²) in [6.45, 7) is -0.210. The Morgan fingerprint density at radius 1 is 1.15 bits per heavy atom. The molecule has 106 valence electrons. The van der Waals surface area contributed by atoms with Crippen molar-refractivity contribution in [3.05, 3.63) is 54.1 Å². The van der Waals surface area contributed by atoms with E-state index in [9.17, 15) is 8.42 Å². The van der Waals surface area contributed by atoms with Crippen LogP contribution in [0.2, 0.25) is 0 Å². The lowest BCUT2D eigenvalue weighted by Crippen LogP contribution is -2.13. The van der Waals surface area contributed by atoms with E-state index in [-0.39, 0.29) is 11.5 Å². The topological polar surface area (TPSA) is 75.6 Å². The first-order chi connectivity index (χ1) is 9.56. The second-order valence-electron chi connectivity index (χ2n) is 4.11. The number of aliphatic hydroxyl groups excluding tert-OH is 1. The van der Waals surface area contributed by atoms with Crippen molar-refractivity contribution in [2.75, 3.05) is 11.8 Å². The second kappa shape index (κ2) is 5.94. The van der Waals surface area contributed by atoms with Gasteiger partial charge in [0, 0.05) is 0 Å². The molecule has 2 aromatic rings. The molecule has 0 aromatic heterocycles. The van der Waals surface area contributed by atoms with Gasteiger partial charge in [0.2, 0.25) is 0 Å². The van der Waals surface area contributed by atoms with Gasteiger partial charge in [-0.15, -0.1) is 0 Å². The van der Waals surface area contributed by atoms with Gasteiger partial charge in [0.1, 0.15) is 5.75 Å². The standard InChI is InChI=1S/C14H15NO4S/c1-19-14-8-3-2-7-13(14)15-20(17,18)12-6-4-5-11(9-12)10-16/h2-9,15-16H,10H2,1H3. The Kier molecular flexibility index (Phi) is 4.26. The maximum atomic E-state index is 12.3. The summed E-state index contributed by atoms with van der Waals surface area (Å²) in [6, 6.07) is 12.9. The van der Waals surface area contributed by atoms with Crippen LogP contribution in [0.4, 0.5) is 5.69 Å².